The van der Waals surface area contributed by atoms with Crippen molar-refractivity contribution in [2.24, 2.45) is 0 Å². The van der Waals surface area contributed by atoms with Crippen LogP contribution in [0.1, 0.15) is 223 Å². The number of rotatable bonds is 34. The first-order chi connectivity index (χ1) is 40.1. The highest BCUT2D eigenvalue weighted by Gasteiger charge is 1.95. The minimum Gasteiger partial charge on any atom is -0.261 e. The Morgan fingerprint density at radius 3 is 0.778 bits per heavy atom. The predicted octanol–water partition coefficient (Wildman–Crippen LogP) is 21.6. The van der Waals surface area contributed by atoms with Gasteiger partial charge in [0.25, 0.3) is 0 Å². The van der Waals surface area contributed by atoms with E-state index >= 15 is 0 Å². The van der Waals surface area contributed by atoms with Crippen LogP contribution in [0, 0.1) is 0 Å². The van der Waals surface area contributed by atoms with Crippen molar-refractivity contribution in [2.75, 3.05) is 0 Å². The molecule has 0 unspecified atom stereocenters. The molecule has 6 aromatic rings. The Morgan fingerprint density at radius 2 is 0.481 bits per heavy atom. The Kier molecular flexibility index (Phi) is 53.5. The molecule has 6 aromatic heterocycles. The molecule has 0 spiro atoms. The molecule has 0 aliphatic heterocycles. The number of hydrogen-bond acceptors (Lipinski definition) is 6. The summed E-state index contributed by atoms with van der Waals surface area (Å²) < 4.78 is 0. The maximum absolute atomic E-state index is 4.30. The van der Waals surface area contributed by atoms with Crippen LogP contribution in [-0.4, -0.2) is 29.9 Å². The van der Waals surface area contributed by atoms with E-state index < -0.39 is 0 Å². The van der Waals surface area contributed by atoms with E-state index in [1.165, 1.54) is 143 Å². The SMILES string of the molecule is CC/C=C/CCc1ccccn1.CCC/C=C/CCc1ccccn1.CCCC/C=C/CCc1ccccn1.CCCCC/C=C/CCc1ccccn1.CCCCCC/C=C/CCc1ccccn1.CCCCCc1ccccn1. The second-order valence-corrected chi connectivity index (χ2v) is 20.1. The lowest BCUT2D eigenvalue weighted by Crippen LogP contribution is -1.87. The smallest absolute Gasteiger partial charge is 0.0406 e. The molecule has 440 valence electrons. The summed E-state index contributed by atoms with van der Waals surface area (Å²) in [4.78, 5) is 25.6. The van der Waals surface area contributed by atoms with Gasteiger partial charge in [0.05, 0.1) is 0 Å². The second-order valence-electron chi connectivity index (χ2n) is 20.1. The summed E-state index contributed by atoms with van der Waals surface area (Å²) in [6.07, 6.45) is 68.9. The first-order valence-corrected chi connectivity index (χ1v) is 31.7. The average Bonchev–Trinajstić information content (AvgIpc) is 3.52. The van der Waals surface area contributed by atoms with Crippen molar-refractivity contribution in [3.05, 3.63) is 241 Å². The van der Waals surface area contributed by atoms with Gasteiger partial charge in [-0.05, 0) is 195 Å². The van der Waals surface area contributed by atoms with Gasteiger partial charge in [0.2, 0.25) is 0 Å². The van der Waals surface area contributed by atoms with Crippen molar-refractivity contribution >= 4 is 0 Å². The van der Waals surface area contributed by atoms with Crippen molar-refractivity contribution in [2.45, 2.75) is 228 Å². The molecule has 0 bridgehead atoms. The molecule has 0 radical (unpaired) electrons. The van der Waals surface area contributed by atoms with Crippen molar-refractivity contribution in [3.8, 4) is 0 Å². The highest BCUT2D eigenvalue weighted by Crippen LogP contribution is 2.08. The van der Waals surface area contributed by atoms with Crippen molar-refractivity contribution in [1.29, 1.82) is 0 Å². The van der Waals surface area contributed by atoms with E-state index in [-0.39, 0.29) is 0 Å². The predicted molar refractivity (Wildman–Crippen MR) is 354 cm³/mol. The summed E-state index contributed by atoms with van der Waals surface area (Å²) in [5, 5.41) is 0. The zero-order valence-electron chi connectivity index (χ0n) is 51.8. The van der Waals surface area contributed by atoms with Crippen molar-refractivity contribution in [1.82, 2.24) is 29.9 Å². The van der Waals surface area contributed by atoms with Gasteiger partial charge >= 0.3 is 0 Å². The summed E-state index contributed by atoms with van der Waals surface area (Å²) in [5.41, 5.74) is 7.16. The summed E-state index contributed by atoms with van der Waals surface area (Å²) >= 11 is 0. The topological polar surface area (TPSA) is 77.3 Å². The third-order valence-corrected chi connectivity index (χ3v) is 12.7. The van der Waals surface area contributed by atoms with Crippen molar-refractivity contribution in [3.63, 3.8) is 0 Å². The lowest BCUT2D eigenvalue weighted by Gasteiger charge is -1.97. The Hall–Kier alpha value is -6.40. The molecule has 6 rings (SSSR count). The van der Waals surface area contributed by atoms with Gasteiger partial charge in [-0.25, -0.2) is 0 Å². The number of aromatic nitrogens is 6. The van der Waals surface area contributed by atoms with Gasteiger partial charge in [-0.15, -0.1) is 0 Å². The highest BCUT2D eigenvalue weighted by atomic mass is 14.7. The first-order valence-electron chi connectivity index (χ1n) is 31.7. The molecule has 6 heterocycles. The molecule has 0 aliphatic rings. The van der Waals surface area contributed by atoms with Gasteiger partial charge in [-0.1, -0.05) is 203 Å². The normalized spacial score (nSPS) is 10.8. The summed E-state index contributed by atoms with van der Waals surface area (Å²) in [6.45, 7) is 13.3. The molecule has 6 heteroatoms. The zero-order chi connectivity index (χ0) is 58.3. The highest BCUT2D eigenvalue weighted by molar-refractivity contribution is 5.08. The van der Waals surface area contributed by atoms with Gasteiger partial charge in [-0.3, -0.25) is 29.9 Å². The summed E-state index contributed by atoms with van der Waals surface area (Å²) in [5.74, 6) is 0. The largest absolute Gasteiger partial charge is 0.261 e. The molecule has 0 aliphatic carbocycles. The minimum atomic E-state index is 1.05. The minimum absolute atomic E-state index is 1.05. The van der Waals surface area contributed by atoms with E-state index in [2.05, 4.69) is 175 Å². The van der Waals surface area contributed by atoms with Crippen LogP contribution < -0.4 is 0 Å². The van der Waals surface area contributed by atoms with E-state index in [1.807, 2.05) is 104 Å². The molecular formula is C75H110N6. The summed E-state index contributed by atoms with van der Waals surface area (Å²) in [7, 11) is 0. The van der Waals surface area contributed by atoms with Gasteiger partial charge in [0.15, 0.2) is 0 Å². The third kappa shape index (κ3) is 50.3. The zero-order valence-corrected chi connectivity index (χ0v) is 51.8. The molecule has 0 amide bonds. The lowest BCUT2D eigenvalue weighted by atomic mass is 10.1. The fraction of sp³-hybridized carbons (Fsp3) is 0.467. The molecular weight excluding hydrogens is 985 g/mol. The molecule has 0 saturated carbocycles. The van der Waals surface area contributed by atoms with E-state index in [0.29, 0.717) is 0 Å². The van der Waals surface area contributed by atoms with Gasteiger partial charge in [0.1, 0.15) is 0 Å². The monoisotopic (exact) mass is 1090 g/mol. The van der Waals surface area contributed by atoms with E-state index in [4.69, 9.17) is 0 Å². The Morgan fingerprint density at radius 1 is 0.222 bits per heavy atom. The molecule has 0 atom stereocenters. The van der Waals surface area contributed by atoms with E-state index in [9.17, 15) is 0 Å². The number of nitrogens with zero attached hydrogens (tertiary/aromatic N) is 6. The molecule has 6 nitrogen and oxygen atoms in total. The average molecular weight is 1100 g/mol. The fourth-order valence-electron chi connectivity index (χ4n) is 7.91. The van der Waals surface area contributed by atoms with Gasteiger partial charge in [-0.2, -0.15) is 0 Å². The Labute approximate surface area is 496 Å². The van der Waals surface area contributed by atoms with Crippen LogP contribution in [0.5, 0.6) is 0 Å². The number of pyridine rings is 6. The van der Waals surface area contributed by atoms with E-state index in [1.54, 1.807) is 0 Å². The van der Waals surface area contributed by atoms with Gasteiger partial charge < -0.3 is 0 Å². The van der Waals surface area contributed by atoms with Crippen LogP contribution in [-0.2, 0) is 38.5 Å². The Bertz CT molecular complexity index is 2300. The standard InChI is InChI=1S/C15H23N.C14H21N.C13H19N.C12H17N.C11H15N.C10H15N/c1-2-3-4-5-6-7-8-9-12-15-13-10-11-14-16-15;1-2-3-4-5-6-7-8-11-14-12-9-10-13-15-14;1-2-3-4-5-6-7-10-13-11-8-9-12-14-13;1-2-3-4-5-6-9-12-10-7-8-11-13-12;1-2-3-4-5-8-11-9-6-7-10-12-11;1-2-3-4-7-10-8-5-6-9-11-10/h7-8,10-11,13-14H,2-6,9,12H2,1H3;6-7,9-10,12-13H,2-5,8,11H2,1H3;5-6,8-9,11-12H,2-4,7,10H2,1H3;4-5,7-8,10-11H,2-3,6,9H2,1H3;3-4,6-7,9-10H,2,5,8H2,1H3;5-6,8-9H,2-4,7H2,1H3/b8-7+;7-6+;6-5+;5-4+;4-3+;. The van der Waals surface area contributed by atoms with E-state index in [0.717, 1.165) is 77.0 Å². The van der Waals surface area contributed by atoms with Crippen LogP contribution in [0.2, 0.25) is 0 Å². The maximum atomic E-state index is 4.30. The molecule has 0 aromatic carbocycles. The first kappa shape index (κ1) is 72.6. The van der Waals surface area contributed by atoms with Crippen LogP contribution in [0.25, 0.3) is 0 Å². The summed E-state index contributed by atoms with van der Waals surface area (Å²) in [6, 6.07) is 36.5. The van der Waals surface area contributed by atoms with Crippen LogP contribution in [0.15, 0.2) is 207 Å². The number of hydrogen-bond donors (Lipinski definition) is 0. The number of aryl methyl sites for hydroxylation is 6. The molecule has 0 fully saturated rings. The number of unbranched alkanes of at least 4 members (excludes halogenated alkanes) is 12. The lowest BCUT2D eigenvalue weighted by molar-refractivity contribution is 0.673. The van der Waals surface area contributed by atoms with Crippen LogP contribution >= 0.6 is 0 Å². The third-order valence-electron chi connectivity index (χ3n) is 12.7. The molecule has 81 heavy (non-hydrogen) atoms. The molecule has 0 saturated heterocycles. The quantitative estimate of drug-likeness (QED) is 0.0296. The fourth-order valence-corrected chi connectivity index (χ4v) is 7.91. The van der Waals surface area contributed by atoms with Gasteiger partial charge in [0, 0.05) is 71.3 Å². The maximum Gasteiger partial charge on any atom is 0.0406 e. The molecule has 0 N–H and O–H groups in total. The van der Waals surface area contributed by atoms with Crippen LogP contribution in [0.3, 0.4) is 0 Å². The Balaban J connectivity index is 0.000000488. The van der Waals surface area contributed by atoms with Crippen molar-refractivity contribution < 1.29 is 0 Å². The number of allylic oxidation sites excluding steroid dienone is 10. The second kappa shape index (κ2) is 59.7. The van der Waals surface area contributed by atoms with Crippen LogP contribution in [0.4, 0.5) is 0 Å².